The van der Waals surface area contributed by atoms with E-state index in [0.717, 1.165) is 17.0 Å². The molecule has 1 aromatic heterocycles. The lowest BCUT2D eigenvalue weighted by Crippen LogP contribution is -2.29. The van der Waals surface area contributed by atoms with Gasteiger partial charge in [-0.3, -0.25) is 0 Å². The number of hydrogen-bond donors (Lipinski definition) is 3. The van der Waals surface area contributed by atoms with Crippen LogP contribution in [-0.4, -0.2) is 27.1 Å². The first-order valence-corrected chi connectivity index (χ1v) is 8.14. The number of benzene rings is 1. The Hall–Kier alpha value is -1.83. The van der Waals surface area contributed by atoms with E-state index in [2.05, 4.69) is 15.0 Å². The SMILES string of the molecule is CNCc1cc(S(=O)(=O)NC2COc3ccccc32)c[nH]1. The lowest BCUT2D eigenvalue weighted by molar-refractivity contribution is 0.325. The molecular weight excluding hydrogens is 290 g/mol. The van der Waals surface area contributed by atoms with Gasteiger partial charge < -0.3 is 15.0 Å². The molecule has 1 aliphatic heterocycles. The highest BCUT2D eigenvalue weighted by Gasteiger charge is 2.29. The highest BCUT2D eigenvalue weighted by atomic mass is 32.2. The van der Waals surface area contributed by atoms with Gasteiger partial charge in [-0.15, -0.1) is 0 Å². The third-order valence-electron chi connectivity index (χ3n) is 3.39. The molecule has 0 aliphatic carbocycles. The predicted molar refractivity (Wildman–Crippen MR) is 78.6 cm³/mol. The van der Waals surface area contributed by atoms with Gasteiger partial charge in [0, 0.05) is 24.0 Å². The molecule has 7 heteroatoms. The second-order valence-corrected chi connectivity index (χ2v) is 6.63. The van der Waals surface area contributed by atoms with Crippen LogP contribution in [0.5, 0.6) is 5.75 Å². The minimum atomic E-state index is -3.57. The number of nitrogens with one attached hydrogen (secondary N) is 3. The van der Waals surface area contributed by atoms with Crippen LogP contribution < -0.4 is 14.8 Å². The number of ether oxygens (including phenoxy) is 1. The van der Waals surface area contributed by atoms with Gasteiger partial charge in [0.15, 0.2) is 0 Å². The number of sulfonamides is 1. The number of aromatic nitrogens is 1. The van der Waals surface area contributed by atoms with Crippen LogP contribution in [0.3, 0.4) is 0 Å². The molecule has 0 bridgehead atoms. The van der Waals surface area contributed by atoms with E-state index in [9.17, 15) is 8.42 Å². The van der Waals surface area contributed by atoms with Gasteiger partial charge in [0.2, 0.25) is 10.0 Å². The minimum absolute atomic E-state index is 0.233. The van der Waals surface area contributed by atoms with E-state index < -0.39 is 10.0 Å². The third-order valence-corrected chi connectivity index (χ3v) is 4.84. The lowest BCUT2D eigenvalue weighted by atomic mass is 10.1. The standard InChI is InChI=1S/C14H17N3O3S/c1-15-7-10-6-11(8-16-10)21(18,19)17-13-9-20-14-5-3-2-4-12(13)14/h2-6,8,13,15-17H,7,9H2,1H3. The van der Waals surface area contributed by atoms with Crippen LogP contribution in [-0.2, 0) is 16.6 Å². The summed E-state index contributed by atoms with van der Waals surface area (Å²) >= 11 is 0. The molecule has 2 heterocycles. The summed E-state index contributed by atoms with van der Waals surface area (Å²) in [5.41, 5.74) is 1.69. The molecule has 1 atom stereocenters. The van der Waals surface area contributed by atoms with Crippen molar-refractivity contribution < 1.29 is 13.2 Å². The van der Waals surface area contributed by atoms with Crippen LogP contribution >= 0.6 is 0 Å². The van der Waals surface area contributed by atoms with Crippen molar-refractivity contribution >= 4 is 10.0 Å². The maximum atomic E-state index is 12.4. The maximum absolute atomic E-state index is 12.4. The summed E-state index contributed by atoms with van der Waals surface area (Å²) < 4.78 is 33.0. The normalized spacial score (nSPS) is 17.5. The third kappa shape index (κ3) is 2.80. The second-order valence-electron chi connectivity index (χ2n) is 4.91. The van der Waals surface area contributed by atoms with E-state index in [0.29, 0.717) is 13.2 Å². The monoisotopic (exact) mass is 307 g/mol. The molecule has 0 fully saturated rings. The van der Waals surface area contributed by atoms with Gasteiger partial charge in [-0.05, 0) is 19.2 Å². The van der Waals surface area contributed by atoms with Crippen molar-refractivity contribution in [3.8, 4) is 5.75 Å². The largest absolute Gasteiger partial charge is 0.491 e. The molecule has 0 saturated heterocycles. The van der Waals surface area contributed by atoms with E-state index in [1.54, 1.807) is 13.1 Å². The highest BCUT2D eigenvalue weighted by Crippen LogP contribution is 2.32. The zero-order valence-electron chi connectivity index (χ0n) is 11.6. The highest BCUT2D eigenvalue weighted by molar-refractivity contribution is 7.89. The molecule has 3 rings (SSSR count). The molecule has 0 radical (unpaired) electrons. The Labute approximate surface area is 123 Å². The van der Waals surface area contributed by atoms with Crippen LogP contribution in [0.1, 0.15) is 17.3 Å². The van der Waals surface area contributed by atoms with E-state index in [4.69, 9.17) is 4.74 Å². The molecule has 21 heavy (non-hydrogen) atoms. The molecule has 2 aromatic rings. The Balaban J connectivity index is 1.80. The lowest BCUT2D eigenvalue weighted by Gasteiger charge is -2.11. The average Bonchev–Trinajstić information content (AvgIpc) is 3.07. The van der Waals surface area contributed by atoms with Crippen LogP contribution in [0, 0.1) is 0 Å². The van der Waals surface area contributed by atoms with Crippen molar-refractivity contribution in [2.24, 2.45) is 0 Å². The van der Waals surface area contributed by atoms with Crippen molar-refractivity contribution in [1.29, 1.82) is 0 Å². The number of fused-ring (bicyclic) bond motifs is 1. The van der Waals surface area contributed by atoms with Crippen molar-refractivity contribution in [3.05, 3.63) is 47.8 Å². The number of para-hydroxylation sites is 1. The maximum Gasteiger partial charge on any atom is 0.242 e. The Morgan fingerprint density at radius 3 is 3.00 bits per heavy atom. The van der Waals surface area contributed by atoms with E-state index in [1.807, 2.05) is 24.3 Å². The summed E-state index contributed by atoms with van der Waals surface area (Å²) in [6.07, 6.45) is 1.50. The summed E-state index contributed by atoms with van der Waals surface area (Å²) in [4.78, 5) is 3.18. The molecule has 3 N–H and O–H groups in total. The molecule has 6 nitrogen and oxygen atoms in total. The summed E-state index contributed by atoms with van der Waals surface area (Å²) in [7, 11) is -1.77. The topological polar surface area (TPSA) is 83.2 Å². The Morgan fingerprint density at radius 1 is 1.38 bits per heavy atom. The van der Waals surface area contributed by atoms with Gasteiger partial charge in [0.05, 0.1) is 10.9 Å². The molecule has 1 unspecified atom stereocenters. The van der Waals surface area contributed by atoms with E-state index in [-0.39, 0.29) is 10.9 Å². The van der Waals surface area contributed by atoms with Gasteiger partial charge in [-0.25, -0.2) is 13.1 Å². The van der Waals surface area contributed by atoms with Crippen molar-refractivity contribution in [1.82, 2.24) is 15.0 Å². The summed E-state index contributed by atoms with van der Waals surface area (Å²) in [5, 5.41) is 2.97. The molecular formula is C14H17N3O3S. The summed E-state index contributed by atoms with van der Waals surface area (Å²) in [6, 6.07) is 8.72. The van der Waals surface area contributed by atoms with Crippen LogP contribution in [0.15, 0.2) is 41.4 Å². The smallest absolute Gasteiger partial charge is 0.242 e. The van der Waals surface area contributed by atoms with Gasteiger partial charge >= 0.3 is 0 Å². The van der Waals surface area contributed by atoms with Crippen LogP contribution in [0.4, 0.5) is 0 Å². The first-order valence-electron chi connectivity index (χ1n) is 6.66. The Morgan fingerprint density at radius 2 is 2.19 bits per heavy atom. The fraction of sp³-hybridized carbons (Fsp3) is 0.286. The van der Waals surface area contributed by atoms with Gasteiger partial charge in [0.1, 0.15) is 12.4 Å². The predicted octanol–water partition coefficient (Wildman–Crippen LogP) is 1.15. The molecule has 0 spiro atoms. The quantitative estimate of drug-likeness (QED) is 0.774. The number of rotatable bonds is 5. The second kappa shape index (κ2) is 5.51. The number of H-pyrrole nitrogens is 1. The van der Waals surface area contributed by atoms with Crippen molar-refractivity contribution in [3.63, 3.8) is 0 Å². The van der Waals surface area contributed by atoms with Crippen LogP contribution in [0.25, 0.3) is 0 Å². The summed E-state index contributed by atoms with van der Waals surface area (Å²) in [5.74, 6) is 0.732. The van der Waals surface area contributed by atoms with Gasteiger partial charge in [-0.1, -0.05) is 18.2 Å². The minimum Gasteiger partial charge on any atom is -0.491 e. The number of hydrogen-bond acceptors (Lipinski definition) is 4. The molecule has 0 saturated carbocycles. The van der Waals surface area contributed by atoms with E-state index in [1.165, 1.54) is 6.20 Å². The number of aromatic amines is 1. The fourth-order valence-corrected chi connectivity index (χ4v) is 3.60. The zero-order chi connectivity index (χ0) is 14.9. The Bertz CT molecular complexity index is 739. The molecule has 0 amide bonds. The fourth-order valence-electron chi connectivity index (χ4n) is 2.38. The van der Waals surface area contributed by atoms with Crippen molar-refractivity contribution in [2.45, 2.75) is 17.5 Å². The summed E-state index contributed by atoms with van der Waals surface area (Å²) in [6.45, 7) is 0.900. The van der Waals surface area contributed by atoms with E-state index >= 15 is 0 Å². The first-order chi connectivity index (χ1) is 10.1. The first kappa shape index (κ1) is 14.1. The molecule has 1 aromatic carbocycles. The van der Waals surface area contributed by atoms with Gasteiger partial charge in [0.25, 0.3) is 0 Å². The van der Waals surface area contributed by atoms with Crippen molar-refractivity contribution in [2.75, 3.05) is 13.7 Å². The molecule has 112 valence electrons. The van der Waals surface area contributed by atoms with Crippen LogP contribution in [0.2, 0.25) is 0 Å². The molecule has 1 aliphatic rings. The van der Waals surface area contributed by atoms with Gasteiger partial charge in [-0.2, -0.15) is 0 Å². The Kier molecular flexibility index (Phi) is 3.71. The zero-order valence-corrected chi connectivity index (χ0v) is 12.4. The average molecular weight is 307 g/mol.